The van der Waals surface area contributed by atoms with Crippen LogP contribution in [0.2, 0.25) is 0 Å². The maximum absolute atomic E-state index is 12.0. The van der Waals surface area contributed by atoms with Gasteiger partial charge in [-0.15, -0.1) is 0 Å². The first-order valence-electron chi connectivity index (χ1n) is 6.81. The molecule has 5 heteroatoms. The van der Waals surface area contributed by atoms with Gasteiger partial charge in [-0.2, -0.15) is 5.10 Å². The summed E-state index contributed by atoms with van der Waals surface area (Å²) in [6.07, 6.45) is 4.15. The SMILES string of the molecule is CC(C)CCn1nc(CC2CC2)c(O)c(C=O)c1=O. The van der Waals surface area contributed by atoms with E-state index < -0.39 is 5.56 Å². The molecule has 2 rings (SSSR count). The zero-order valence-corrected chi connectivity index (χ0v) is 11.4. The van der Waals surface area contributed by atoms with Gasteiger partial charge in [-0.1, -0.05) is 13.8 Å². The first kappa shape index (κ1) is 13.8. The first-order chi connectivity index (χ1) is 9.02. The largest absolute Gasteiger partial charge is 0.505 e. The van der Waals surface area contributed by atoms with Crippen LogP contribution < -0.4 is 5.56 Å². The quantitative estimate of drug-likeness (QED) is 0.795. The summed E-state index contributed by atoms with van der Waals surface area (Å²) in [5.74, 6) is 0.760. The number of aromatic hydroxyl groups is 1. The summed E-state index contributed by atoms with van der Waals surface area (Å²) in [7, 11) is 0. The van der Waals surface area contributed by atoms with Crippen LogP contribution in [0.1, 0.15) is 49.2 Å². The van der Waals surface area contributed by atoms with Crippen LogP contribution in [0.25, 0.3) is 0 Å². The van der Waals surface area contributed by atoms with E-state index in [0.717, 1.165) is 19.3 Å². The molecule has 1 fully saturated rings. The second kappa shape index (κ2) is 5.55. The Morgan fingerprint density at radius 3 is 2.68 bits per heavy atom. The van der Waals surface area contributed by atoms with Crippen LogP contribution in [0.4, 0.5) is 0 Å². The van der Waals surface area contributed by atoms with E-state index in [0.29, 0.717) is 36.8 Å². The Hall–Kier alpha value is -1.65. The summed E-state index contributed by atoms with van der Waals surface area (Å²) in [6.45, 7) is 4.61. The number of rotatable bonds is 6. The molecular weight excluding hydrogens is 244 g/mol. The fourth-order valence-corrected chi connectivity index (χ4v) is 2.01. The minimum Gasteiger partial charge on any atom is -0.505 e. The fourth-order valence-electron chi connectivity index (χ4n) is 2.01. The molecule has 1 aromatic heterocycles. The third kappa shape index (κ3) is 3.22. The summed E-state index contributed by atoms with van der Waals surface area (Å²) in [4.78, 5) is 23.0. The Balaban J connectivity index is 2.35. The standard InChI is InChI=1S/C14H20N2O3/c1-9(2)5-6-16-14(19)11(8-17)13(18)12(15-16)7-10-3-4-10/h8-10,18H,3-7H2,1-2H3. The van der Waals surface area contributed by atoms with Crippen molar-refractivity contribution in [2.75, 3.05) is 0 Å². The van der Waals surface area contributed by atoms with Crippen LogP contribution in [0.5, 0.6) is 5.75 Å². The summed E-state index contributed by atoms with van der Waals surface area (Å²) in [5, 5.41) is 14.2. The summed E-state index contributed by atoms with van der Waals surface area (Å²) in [6, 6.07) is 0. The van der Waals surface area contributed by atoms with Gasteiger partial charge in [0.25, 0.3) is 5.56 Å². The molecule has 0 amide bonds. The highest BCUT2D eigenvalue weighted by Crippen LogP contribution is 2.34. The molecule has 1 aromatic rings. The number of carbonyl (C=O) groups is 1. The van der Waals surface area contributed by atoms with Gasteiger partial charge in [-0.25, -0.2) is 4.68 Å². The zero-order chi connectivity index (χ0) is 14.0. The van der Waals surface area contributed by atoms with Gasteiger partial charge in [0.1, 0.15) is 11.3 Å². The molecule has 1 aliphatic rings. The van der Waals surface area contributed by atoms with Crippen molar-refractivity contribution in [1.82, 2.24) is 9.78 Å². The van der Waals surface area contributed by atoms with Crippen molar-refractivity contribution in [3.8, 4) is 5.75 Å². The topological polar surface area (TPSA) is 72.2 Å². The molecule has 0 radical (unpaired) electrons. The minimum absolute atomic E-state index is 0.158. The van der Waals surface area contributed by atoms with E-state index in [2.05, 4.69) is 18.9 Å². The molecule has 0 bridgehead atoms. The van der Waals surface area contributed by atoms with E-state index in [1.807, 2.05) is 0 Å². The Morgan fingerprint density at radius 2 is 2.16 bits per heavy atom. The van der Waals surface area contributed by atoms with Crippen LogP contribution in [0.15, 0.2) is 4.79 Å². The molecular formula is C14H20N2O3. The Bertz CT molecular complexity index is 530. The number of nitrogens with zero attached hydrogens (tertiary/aromatic N) is 2. The van der Waals surface area contributed by atoms with E-state index in [9.17, 15) is 14.7 Å². The smallest absolute Gasteiger partial charge is 0.281 e. The van der Waals surface area contributed by atoms with Gasteiger partial charge >= 0.3 is 0 Å². The van der Waals surface area contributed by atoms with Crippen LogP contribution in [-0.2, 0) is 13.0 Å². The van der Waals surface area contributed by atoms with E-state index in [4.69, 9.17) is 0 Å². The van der Waals surface area contributed by atoms with Gasteiger partial charge in [0.15, 0.2) is 12.0 Å². The van der Waals surface area contributed by atoms with Crippen molar-refractivity contribution in [2.24, 2.45) is 11.8 Å². The second-order valence-corrected chi connectivity index (χ2v) is 5.69. The van der Waals surface area contributed by atoms with Crippen molar-refractivity contribution in [1.29, 1.82) is 0 Å². The predicted molar refractivity (Wildman–Crippen MR) is 71.4 cm³/mol. The molecule has 1 saturated carbocycles. The van der Waals surface area contributed by atoms with E-state index >= 15 is 0 Å². The van der Waals surface area contributed by atoms with Crippen LogP contribution in [0, 0.1) is 11.8 Å². The fraction of sp³-hybridized carbons (Fsp3) is 0.643. The number of aryl methyl sites for hydroxylation is 1. The molecule has 0 saturated heterocycles. The molecule has 0 spiro atoms. The maximum atomic E-state index is 12.0. The van der Waals surface area contributed by atoms with Gasteiger partial charge in [0.2, 0.25) is 0 Å². The maximum Gasteiger partial charge on any atom is 0.281 e. The van der Waals surface area contributed by atoms with Crippen molar-refractivity contribution in [3.63, 3.8) is 0 Å². The third-order valence-electron chi connectivity index (χ3n) is 3.45. The van der Waals surface area contributed by atoms with E-state index in [1.54, 1.807) is 0 Å². The highest BCUT2D eigenvalue weighted by molar-refractivity contribution is 5.78. The molecule has 0 aromatic carbocycles. The molecule has 5 nitrogen and oxygen atoms in total. The lowest BCUT2D eigenvalue weighted by atomic mass is 10.1. The van der Waals surface area contributed by atoms with Gasteiger partial charge < -0.3 is 5.11 Å². The summed E-state index contributed by atoms with van der Waals surface area (Å²) >= 11 is 0. The van der Waals surface area contributed by atoms with Crippen molar-refractivity contribution in [2.45, 2.75) is 46.1 Å². The predicted octanol–water partition coefficient (Wildman–Crippen LogP) is 1.76. The molecule has 0 atom stereocenters. The lowest BCUT2D eigenvalue weighted by molar-refractivity contribution is 0.111. The minimum atomic E-state index is -0.493. The van der Waals surface area contributed by atoms with Gasteiger partial charge in [0.05, 0.1) is 0 Å². The Kier molecular flexibility index (Phi) is 4.02. The normalized spacial score (nSPS) is 14.9. The lowest BCUT2D eigenvalue weighted by Gasteiger charge is -2.11. The molecule has 0 unspecified atom stereocenters. The molecule has 104 valence electrons. The Labute approximate surface area is 112 Å². The number of hydrogen-bond acceptors (Lipinski definition) is 4. The van der Waals surface area contributed by atoms with Crippen molar-refractivity contribution >= 4 is 6.29 Å². The summed E-state index contributed by atoms with van der Waals surface area (Å²) < 4.78 is 1.32. The molecule has 19 heavy (non-hydrogen) atoms. The van der Waals surface area contributed by atoms with Gasteiger partial charge in [-0.3, -0.25) is 9.59 Å². The number of aldehydes is 1. The molecule has 1 N–H and O–H groups in total. The van der Waals surface area contributed by atoms with Gasteiger partial charge in [-0.05, 0) is 37.5 Å². The average Bonchev–Trinajstić information content (AvgIpc) is 3.15. The van der Waals surface area contributed by atoms with Gasteiger partial charge in [0, 0.05) is 6.54 Å². The second-order valence-electron chi connectivity index (χ2n) is 5.69. The van der Waals surface area contributed by atoms with E-state index in [-0.39, 0.29) is 11.3 Å². The molecule has 1 heterocycles. The number of hydrogen-bond donors (Lipinski definition) is 1. The monoisotopic (exact) mass is 264 g/mol. The lowest BCUT2D eigenvalue weighted by Crippen LogP contribution is -2.28. The Morgan fingerprint density at radius 1 is 1.47 bits per heavy atom. The summed E-state index contributed by atoms with van der Waals surface area (Å²) in [5.41, 5.74) is -0.171. The van der Waals surface area contributed by atoms with Crippen LogP contribution in [0.3, 0.4) is 0 Å². The van der Waals surface area contributed by atoms with Crippen LogP contribution >= 0.6 is 0 Å². The number of carbonyl (C=O) groups excluding carboxylic acids is 1. The first-order valence-corrected chi connectivity index (χ1v) is 6.81. The van der Waals surface area contributed by atoms with Crippen molar-refractivity contribution in [3.05, 3.63) is 21.6 Å². The number of aromatic nitrogens is 2. The third-order valence-corrected chi connectivity index (χ3v) is 3.45. The van der Waals surface area contributed by atoms with Crippen molar-refractivity contribution < 1.29 is 9.90 Å². The molecule has 1 aliphatic carbocycles. The van der Waals surface area contributed by atoms with E-state index in [1.165, 1.54) is 4.68 Å². The average molecular weight is 264 g/mol. The van der Waals surface area contributed by atoms with Crippen LogP contribution in [-0.4, -0.2) is 21.2 Å². The highest BCUT2D eigenvalue weighted by Gasteiger charge is 2.26. The zero-order valence-electron chi connectivity index (χ0n) is 11.4. The highest BCUT2D eigenvalue weighted by atomic mass is 16.3. The molecule has 0 aliphatic heterocycles.